The lowest BCUT2D eigenvalue weighted by molar-refractivity contribution is -0.122. The normalized spacial score (nSPS) is 15.2. The van der Waals surface area contributed by atoms with E-state index >= 15 is 0 Å². The lowest BCUT2D eigenvalue weighted by Gasteiger charge is -2.33. The number of hydrogen-bond acceptors (Lipinski definition) is 5. The molecule has 7 nitrogen and oxygen atoms in total. The number of nitrogens with two attached hydrogens (primary N) is 1. The highest BCUT2D eigenvalue weighted by Gasteiger charge is 2.28. The van der Waals surface area contributed by atoms with Crippen molar-refractivity contribution in [2.75, 3.05) is 25.4 Å². The van der Waals surface area contributed by atoms with E-state index in [4.69, 9.17) is 10.5 Å². The third kappa shape index (κ3) is 8.35. The fourth-order valence-corrected chi connectivity index (χ4v) is 2.25. The van der Waals surface area contributed by atoms with Crippen molar-refractivity contribution in [3.05, 3.63) is 0 Å². The highest BCUT2D eigenvalue weighted by molar-refractivity contribution is 7.89. The summed E-state index contributed by atoms with van der Waals surface area (Å²) >= 11 is 0. The van der Waals surface area contributed by atoms with Gasteiger partial charge >= 0.3 is 0 Å². The van der Waals surface area contributed by atoms with Gasteiger partial charge in [0.25, 0.3) is 0 Å². The van der Waals surface area contributed by atoms with E-state index in [1.165, 1.54) is 0 Å². The highest BCUT2D eigenvalue weighted by Crippen LogP contribution is 2.14. The maximum atomic E-state index is 11.8. The molecule has 0 spiro atoms. The minimum Gasteiger partial charge on any atom is -0.378 e. The van der Waals surface area contributed by atoms with Gasteiger partial charge in [-0.1, -0.05) is 13.8 Å². The second-order valence-corrected chi connectivity index (χ2v) is 7.81. The van der Waals surface area contributed by atoms with Crippen molar-refractivity contribution in [3.63, 3.8) is 0 Å². The molecule has 0 heterocycles. The molecule has 0 saturated heterocycles. The van der Waals surface area contributed by atoms with Crippen molar-refractivity contribution in [1.29, 1.82) is 0 Å². The molecule has 1 atom stereocenters. The molecule has 0 rings (SSSR count). The van der Waals surface area contributed by atoms with Crippen molar-refractivity contribution in [3.8, 4) is 0 Å². The zero-order chi connectivity index (χ0) is 16.7. The molecule has 0 aromatic carbocycles. The Kier molecular flexibility index (Phi) is 8.38. The van der Waals surface area contributed by atoms with Gasteiger partial charge in [-0.15, -0.1) is 0 Å². The maximum absolute atomic E-state index is 11.8. The first kappa shape index (κ1) is 20.3. The van der Waals surface area contributed by atoms with Crippen LogP contribution in [0.5, 0.6) is 0 Å². The Bertz CT molecular complexity index is 423. The molecule has 126 valence electrons. The molecule has 21 heavy (non-hydrogen) atoms. The number of nitrogens with one attached hydrogen (secondary N) is 2. The van der Waals surface area contributed by atoms with Gasteiger partial charge in [0, 0.05) is 6.54 Å². The summed E-state index contributed by atoms with van der Waals surface area (Å²) in [5.74, 6) is -0.427. The molecule has 1 amide bonds. The first-order valence-electron chi connectivity index (χ1n) is 7.12. The third-order valence-electron chi connectivity index (χ3n) is 3.38. The van der Waals surface area contributed by atoms with Gasteiger partial charge in [0.15, 0.2) is 0 Å². The molecule has 0 bridgehead atoms. The van der Waals surface area contributed by atoms with E-state index in [0.29, 0.717) is 0 Å². The van der Waals surface area contributed by atoms with E-state index in [2.05, 4.69) is 10.0 Å². The number of carbonyl (C=O) groups excluding carboxylic acids is 1. The summed E-state index contributed by atoms with van der Waals surface area (Å²) in [6.07, 6.45) is -0.0280. The summed E-state index contributed by atoms with van der Waals surface area (Å²) < 4.78 is 30.8. The molecule has 0 aliphatic carbocycles. The second-order valence-electron chi connectivity index (χ2n) is 5.88. The lowest BCUT2D eigenvalue weighted by atomic mass is 9.88. The molecular weight excluding hydrogens is 294 g/mol. The van der Waals surface area contributed by atoms with Gasteiger partial charge in [0.1, 0.15) is 0 Å². The van der Waals surface area contributed by atoms with Crippen LogP contribution in [0.3, 0.4) is 0 Å². The van der Waals surface area contributed by atoms with Crippen LogP contribution in [0.4, 0.5) is 0 Å². The lowest BCUT2D eigenvalue weighted by Crippen LogP contribution is -2.57. The Morgan fingerprint density at radius 2 is 1.86 bits per heavy atom. The topological polar surface area (TPSA) is 111 Å². The van der Waals surface area contributed by atoms with Crippen molar-refractivity contribution >= 4 is 15.9 Å². The molecule has 0 aliphatic heterocycles. The summed E-state index contributed by atoms with van der Waals surface area (Å²) in [6.45, 7) is 9.46. The number of carbonyl (C=O) groups is 1. The van der Waals surface area contributed by atoms with Gasteiger partial charge in [-0.25, -0.2) is 13.1 Å². The van der Waals surface area contributed by atoms with Crippen molar-refractivity contribution < 1.29 is 17.9 Å². The number of sulfonamides is 1. The number of rotatable bonds is 10. The summed E-state index contributed by atoms with van der Waals surface area (Å²) in [6, 6.07) is 0. The van der Waals surface area contributed by atoms with Crippen molar-refractivity contribution in [2.24, 2.45) is 11.7 Å². The summed E-state index contributed by atoms with van der Waals surface area (Å²) in [5.41, 5.74) is 5.11. The SMILES string of the molecule is CC(C)OCCS(=O)(=O)NCC(=O)NC(C)(CN)C(C)C. The quantitative estimate of drug-likeness (QED) is 0.516. The summed E-state index contributed by atoms with van der Waals surface area (Å²) in [4.78, 5) is 11.8. The number of hydrogen-bond donors (Lipinski definition) is 3. The Morgan fingerprint density at radius 1 is 1.29 bits per heavy atom. The largest absolute Gasteiger partial charge is 0.378 e. The van der Waals surface area contributed by atoms with E-state index in [9.17, 15) is 13.2 Å². The Labute approximate surface area is 128 Å². The monoisotopic (exact) mass is 323 g/mol. The van der Waals surface area contributed by atoms with Crippen LogP contribution in [0.25, 0.3) is 0 Å². The molecule has 0 aliphatic rings. The first-order valence-corrected chi connectivity index (χ1v) is 8.77. The van der Waals surface area contributed by atoms with Crippen LogP contribution < -0.4 is 15.8 Å². The summed E-state index contributed by atoms with van der Waals surface area (Å²) in [7, 11) is -3.52. The maximum Gasteiger partial charge on any atom is 0.235 e. The molecule has 8 heteroatoms. The summed E-state index contributed by atoms with van der Waals surface area (Å²) in [5, 5.41) is 2.77. The zero-order valence-corrected chi connectivity index (χ0v) is 14.4. The van der Waals surface area contributed by atoms with Crippen molar-refractivity contribution in [2.45, 2.75) is 46.3 Å². The standard InChI is InChI=1S/C13H29N3O4S/c1-10(2)13(5,9-14)16-12(17)8-15-21(18,19)7-6-20-11(3)4/h10-11,15H,6-9,14H2,1-5H3,(H,16,17). The van der Waals surface area contributed by atoms with Crippen LogP contribution in [-0.2, 0) is 19.6 Å². The van der Waals surface area contributed by atoms with Gasteiger partial charge in [-0.3, -0.25) is 4.79 Å². The van der Waals surface area contributed by atoms with Gasteiger partial charge in [-0.2, -0.15) is 0 Å². The van der Waals surface area contributed by atoms with Crippen LogP contribution in [0.1, 0.15) is 34.6 Å². The first-order chi connectivity index (χ1) is 9.52. The molecule has 0 fully saturated rings. The van der Waals surface area contributed by atoms with E-state index < -0.39 is 21.5 Å². The molecule has 0 aromatic rings. The number of amides is 1. The predicted molar refractivity (Wildman–Crippen MR) is 83.3 cm³/mol. The Balaban J connectivity index is 4.29. The fraction of sp³-hybridized carbons (Fsp3) is 0.923. The highest BCUT2D eigenvalue weighted by atomic mass is 32.2. The van der Waals surface area contributed by atoms with Crippen LogP contribution in [0.2, 0.25) is 0 Å². The zero-order valence-electron chi connectivity index (χ0n) is 13.6. The van der Waals surface area contributed by atoms with E-state index in [0.717, 1.165) is 0 Å². The molecule has 0 radical (unpaired) electrons. The van der Waals surface area contributed by atoms with Gasteiger partial charge in [-0.05, 0) is 26.7 Å². The van der Waals surface area contributed by atoms with E-state index in [-0.39, 0.29) is 37.5 Å². The predicted octanol–water partition coefficient (Wildman–Crippen LogP) is -0.180. The molecule has 0 saturated carbocycles. The van der Waals surface area contributed by atoms with Crippen LogP contribution >= 0.6 is 0 Å². The van der Waals surface area contributed by atoms with Crippen molar-refractivity contribution in [1.82, 2.24) is 10.0 Å². The second kappa shape index (κ2) is 8.67. The van der Waals surface area contributed by atoms with Gasteiger partial charge in [0.2, 0.25) is 15.9 Å². The van der Waals surface area contributed by atoms with E-state index in [1.54, 1.807) is 0 Å². The van der Waals surface area contributed by atoms with Gasteiger partial charge < -0.3 is 15.8 Å². The van der Waals surface area contributed by atoms with Crippen LogP contribution in [0, 0.1) is 5.92 Å². The minimum atomic E-state index is -3.52. The average Bonchev–Trinajstić information content (AvgIpc) is 2.35. The Hall–Kier alpha value is -0.700. The van der Waals surface area contributed by atoms with Crippen LogP contribution in [-0.4, -0.2) is 51.4 Å². The smallest absolute Gasteiger partial charge is 0.235 e. The van der Waals surface area contributed by atoms with E-state index in [1.807, 2.05) is 34.6 Å². The molecule has 4 N–H and O–H groups in total. The molecule has 0 aromatic heterocycles. The van der Waals surface area contributed by atoms with Crippen LogP contribution in [0.15, 0.2) is 0 Å². The number of ether oxygens (including phenoxy) is 1. The fourth-order valence-electron chi connectivity index (χ4n) is 1.43. The third-order valence-corrected chi connectivity index (χ3v) is 4.67. The van der Waals surface area contributed by atoms with Gasteiger partial charge in [0.05, 0.1) is 30.5 Å². The minimum absolute atomic E-state index is 0.0280. The molecule has 1 unspecified atom stereocenters. The average molecular weight is 323 g/mol. The molecular formula is C13H29N3O4S. The Morgan fingerprint density at radius 3 is 2.29 bits per heavy atom.